The van der Waals surface area contributed by atoms with Gasteiger partial charge in [-0.15, -0.1) is 0 Å². The van der Waals surface area contributed by atoms with E-state index in [4.69, 9.17) is 17.3 Å². The molecule has 1 heterocycles. The first-order valence-corrected chi connectivity index (χ1v) is 6.58. The number of carbonyl (C=O) groups is 1. The lowest BCUT2D eigenvalue weighted by Gasteiger charge is -2.06. The van der Waals surface area contributed by atoms with Crippen LogP contribution in [0.4, 0.5) is 5.69 Å². The zero-order chi connectivity index (χ0) is 13.8. The molecule has 0 unspecified atom stereocenters. The SMILES string of the molecule is CCCn1ccnc1CC(=O)c1ccc(N)c(Cl)c1. The van der Waals surface area contributed by atoms with Gasteiger partial charge in [-0.1, -0.05) is 18.5 Å². The van der Waals surface area contributed by atoms with Crippen LogP contribution in [0, 0.1) is 0 Å². The monoisotopic (exact) mass is 277 g/mol. The highest BCUT2D eigenvalue weighted by molar-refractivity contribution is 6.33. The van der Waals surface area contributed by atoms with Crippen LogP contribution in [0.25, 0.3) is 0 Å². The van der Waals surface area contributed by atoms with Gasteiger partial charge in [0.05, 0.1) is 17.1 Å². The van der Waals surface area contributed by atoms with Crippen molar-refractivity contribution in [3.05, 3.63) is 47.0 Å². The largest absolute Gasteiger partial charge is 0.398 e. The van der Waals surface area contributed by atoms with Crippen LogP contribution in [0.15, 0.2) is 30.6 Å². The Balaban J connectivity index is 2.16. The van der Waals surface area contributed by atoms with Crippen molar-refractivity contribution in [3.8, 4) is 0 Å². The molecule has 0 amide bonds. The zero-order valence-corrected chi connectivity index (χ0v) is 11.5. The van der Waals surface area contributed by atoms with Crippen LogP contribution in [-0.4, -0.2) is 15.3 Å². The number of benzene rings is 1. The van der Waals surface area contributed by atoms with Crippen LogP contribution in [0.5, 0.6) is 0 Å². The standard InChI is InChI=1S/C14H16ClN3O/c1-2-6-18-7-5-17-14(18)9-13(19)10-3-4-12(16)11(15)8-10/h3-5,7-8H,2,6,9,16H2,1H3. The van der Waals surface area contributed by atoms with Crippen LogP contribution < -0.4 is 5.73 Å². The number of hydrogen-bond acceptors (Lipinski definition) is 3. The van der Waals surface area contributed by atoms with E-state index < -0.39 is 0 Å². The number of nitrogens with zero attached hydrogens (tertiary/aromatic N) is 2. The van der Waals surface area contributed by atoms with Crippen LogP contribution in [-0.2, 0) is 13.0 Å². The summed E-state index contributed by atoms with van der Waals surface area (Å²) in [5.74, 6) is 0.769. The number of rotatable bonds is 5. The molecule has 0 aliphatic carbocycles. The molecular weight excluding hydrogens is 262 g/mol. The molecular formula is C14H16ClN3O. The minimum Gasteiger partial charge on any atom is -0.398 e. The lowest BCUT2D eigenvalue weighted by molar-refractivity contribution is 0.0989. The predicted octanol–water partition coefficient (Wildman–Crippen LogP) is 2.95. The number of imidazole rings is 1. The molecule has 2 rings (SSSR count). The number of Topliss-reactive ketones (excluding diaryl/α,β-unsaturated/α-hetero) is 1. The fourth-order valence-corrected chi connectivity index (χ4v) is 2.08. The molecule has 0 radical (unpaired) electrons. The third kappa shape index (κ3) is 3.15. The van der Waals surface area contributed by atoms with Gasteiger partial charge in [0.15, 0.2) is 5.78 Å². The summed E-state index contributed by atoms with van der Waals surface area (Å²) in [6.07, 6.45) is 4.88. The van der Waals surface area contributed by atoms with E-state index in [-0.39, 0.29) is 12.2 Å². The second-order valence-electron chi connectivity index (χ2n) is 4.37. The summed E-state index contributed by atoms with van der Waals surface area (Å²) in [6.45, 7) is 2.95. The number of hydrogen-bond donors (Lipinski definition) is 1. The Morgan fingerprint density at radius 3 is 2.95 bits per heavy atom. The van der Waals surface area contributed by atoms with Gasteiger partial charge in [0.25, 0.3) is 0 Å². The van der Waals surface area contributed by atoms with Crippen molar-refractivity contribution >= 4 is 23.1 Å². The van der Waals surface area contributed by atoms with Gasteiger partial charge in [-0.3, -0.25) is 4.79 Å². The Bertz CT molecular complexity index is 592. The molecule has 2 aromatic rings. The molecule has 0 aliphatic heterocycles. The number of halogens is 1. The molecule has 0 saturated carbocycles. The highest BCUT2D eigenvalue weighted by atomic mass is 35.5. The molecule has 4 nitrogen and oxygen atoms in total. The normalized spacial score (nSPS) is 10.6. The molecule has 5 heteroatoms. The topological polar surface area (TPSA) is 60.9 Å². The Kier molecular flexibility index (Phi) is 4.22. The third-order valence-electron chi connectivity index (χ3n) is 2.91. The minimum atomic E-state index is -0.00884. The van der Waals surface area contributed by atoms with Crippen molar-refractivity contribution < 1.29 is 4.79 Å². The fraction of sp³-hybridized carbons (Fsp3) is 0.286. The number of carbonyl (C=O) groups excluding carboxylic acids is 1. The van der Waals surface area contributed by atoms with Gasteiger partial charge in [0, 0.05) is 24.5 Å². The Morgan fingerprint density at radius 2 is 2.26 bits per heavy atom. The Labute approximate surface area is 117 Å². The predicted molar refractivity (Wildman–Crippen MR) is 76.4 cm³/mol. The van der Waals surface area contributed by atoms with Crippen molar-refractivity contribution in [2.75, 3.05) is 5.73 Å². The quantitative estimate of drug-likeness (QED) is 0.675. The number of nitrogen functional groups attached to an aromatic ring is 1. The average Bonchev–Trinajstić information content (AvgIpc) is 2.80. The zero-order valence-electron chi connectivity index (χ0n) is 10.8. The fourth-order valence-electron chi connectivity index (χ4n) is 1.90. The lowest BCUT2D eigenvalue weighted by atomic mass is 10.1. The van der Waals surface area contributed by atoms with E-state index in [0.29, 0.717) is 16.3 Å². The number of nitrogens with two attached hydrogens (primary N) is 1. The van der Waals surface area contributed by atoms with E-state index >= 15 is 0 Å². The molecule has 0 spiro atoms. The molecule has 0 aliphatic rings. The first-order valence-electron chi connectivity index (χ1n) is 6.20. The number of aryl methyl sites for hydroxylation is 1. The van der Waals surface area contributed by atoms with Crippen LogP contribution >= 0.6 is 11.6 Å². The van der Waals surface area contributed by atoms with E-state index in [1.807, 2.05) is 10.8 Å². The molecule has 19 heavy (non-hydrogen) atoms. The molecule has 2 N–H and O–H groups in total. The van der Waals surface area contributed by atoms with Crippen molar-refractivity contribution in [2.45, 2.75) is 26.3 Å². The summed E-state index contributed by atoms with van der Waals surface area (Å²) in [5.41, 5.74) is 6.67. The summed E-state index contributed by atoms with van der Waals surface area (Å²) < 4.78 is 2.00. The Hall–Kier alpha value is -1.81. The Morgan fingerprint density at radius 1 is 1.47 bits per heavy atom. The van der Waals surface area contributed by atoms with Crippen molar-refractivity contribution in [3.63, 3.8) is 0 Å². The third-order valence-corrected chi connectivity index (χ3v) is 3.23. The first kappa shape index (κ1) is 13.6. The van der Waals surface area contributed by atoms with Gasteiger partial charge in [-0.2, -0.15) is 0 Å². The summed E-state index contributed by atoms with van der Waals surface area (Å²) >= 11 is 5.92. The smallest absolute Gasteiger partial charge is 0.170 e. The second-order valence-corrected chi connectivity index (χ2v) is 4.78. The second kappa shape index (κ2) is 5.89. The van der Waals surface area contributed by atoms with Crippen LogP contribution in [0.2, 0.25) is 5.02 Å². The number of anilines is 1. The van der Waals surface area contributed by atoms with Crippen molar-refractivity contribution in [2.24, 2.45) is 0 Å². The molecule has 0 fully saturated rings. The van der Waals surface area contributed by atoms with E-state index in [0.717, 1.165) is 18.8 Å². The van der Waals surface area contributed by atoms with Crippen LogP contribution in [0.3, 0.4) is 0 Å². The minimum absolute atomic E-state index is 0.00884. The summed E-state index contributed by atoms with van der Waals surface area (Å²) in [4.78, 5) is 16.4. The van der Waals surface area contributed by atoms with E-state index in [2.05, 4.69) is 11.9 Å². The molecule has 1 aromatic heterocycles. The van der Waals surface area contributed by atoms with Gasteiger partial charge in [0.2, 0.25) is 0 Å². The number of aromatic nitrogens is 2. The molecule has 0 bridgehead atoms. The summed E-state index contributed by atoms with van der Waals surface area (Å²) in [7, 11) is 0. The number of ketones is 1. The van der Waals surface area contributed by atoms with Crippen molar-refractivity contribution in [1.82, 2.24) is 9.55 Å². The van der Waals surface area contributed by atoms with Gasteiger partial charge < -0.3 is 10.3 Å². The molecule has 0 saturated heterocycles. The van der Waals surface area contributed by atoms with E-state index in [9.17, 15) is 4.79 Å². The van der Waals surface area contributed by atoms with Gasteiger partial charge >= 0.3 is 0 Å². The maximum atomic E-state index is 12.2. The lowest BCUT2D eigenvalue weighted by Crippen LogP contribution is -2.10. The highest BCUT2D eigenvalue weighted by Gasteiger charge is 2.12. The maximum absolute atomic E-state index is 12.2. The van der Waals surface area contributed by atoms with Crippen molar-refractivity contribution in [1.29, 1.82) is 0 Å². The van der Waals surface area contributed by atoms with Gasteiger partial charge in [0.1, 0.15) is 5.82 Å². The molecule has 1 aromatic carbocycles. The highest BCUT2D eigenvalue weighted by Crippen LogP contribution is 2.20. The molecule has 100 valence electrons. The van der Waals surface area contributed by atoms with E-state index in [1.165, 1.54) is 0 Å². The first-order chi connectivity index (χ1) is 9.11. The maximum Gasteiger partial charge on any atom is 0.170 e. The van der Waals surface area contributed by atoms with E-state index in [1.54, 1.807) is 24.4 Å². The molecule has 0 atom stereocenters. The average molecular weight is 278 g/mol. The van der Waals surface area contributed by atoms with Gasteiger partial charge in [-0.25, -0.2) is 4.98 Å². The van der Waals surface area contributed by atoms with Crippen LogP contribution in [0.1, 0.15) is 29.5 Å². The summed E-state index contributed by atoms with van der Waals surface area (Å²) in [6, 6.07) is 4.94. The van der Waals surface area contributed by atoms with Gasteiger partial charge in [-0.05, 0) is 24.6 Å². The summed E-state index contributed by atoms with van der Waals surface area (Å²) in [5, 5.41) is 0.405.